The Morgan fingerprint density at radius 3 is 2.73 bits per heavy atom. The molecule has 0 bridgehead atoms. The molecule has 0 unspecified atom stereocenters. The van der Waals surface area contributed by atoms with Gasteiger partial charge >= 0.3 is 0 Å². The van der Waals surface area contributed by atoms with E-state index in [1.165, 1.54) is 16.0 Å². The zero-order valence-electron chi connectivity index (χ0n) is 15.9. The molecule has 0 radical (unpaired) electrons. The third kappa shape index (κ3) is 4.92. The second-order valence-electron chi connectivity index (χ2n) is 7.19. The SMILES string of the molecule is Cc1ccc(C)c(SCC(=O)N(Cc2ccco2)C2CCN(C)CC2)c1. The van der Waals surface area contributed by atoms with Crippen LogP contribution in [0.5, 0.6) is 0 Å². The van der Waals surface area contributed by atoms with Crippen LogP contribution < -0.4 is 0 Å². The standard InChI is InChI=1S/C21H28N2O2S/c1-16-6-7-17(2)20(13-16)26-15-21(24)23(14-19-5-4-12-25-19)18-8-10-22(3)11-9-18/h4-7,12-13,18H,8-11,14-15H2,1-3H3. The van der Waals surface area contributed by atoms with E-state index in [1.54, 1.807) is 18.0 Å². The summed E-state index contributed by atoms with van der Waals surface area (Å²) in [5, 5.41) is 0. The first-order valence-corrected chi connectivity index (χ1v) is 10.2. The van der Waals surface area contributed by atoms with Crippen molar-refractivity contribution in [3.63, 3.8) is 0 Å². The maximum Gasteiger partial charge on any atom is 0.233 e. The number of carbonyl (C=O) groups is 1. The molecule has 1 amide bonds. The molecular formula is C21H28N2O2S. The molecule has 26 heavy (non-hydrogen) atoms. The Morgan fingerprint density at radius 1 is 1.27 bits per heavy atom. The van der Waals surface area contributed by atoms with E-state index in [4.69, 9.17) is 4.42 Å². The van der Waals surface area contributed by atoms with E-state index in [1.807, 2.05) is 17.0 Å². The van der Waals surface area contributed by atoms with Gasteiger partial charge in [0.15, 0.2) is 0 Å². The smallest absolute Gasteiger partial charge is 0.233 e. The van der Waals surface area contributed by atoms with Crippen LogP contribution in [-0.2, 0) is 11.3 Å². The van der Waals surface area contributed by atoms with Crippen LogP contribution in [0.15, 0.2) is 45.9 Å². The Morgan fingerprint density at radius 2 is 2.04 bits per heavy atom. The molecule has 0 N–H and O–H groups in total. The van der Waals surface area contributed by atoms with Gasteiger partial charge in [-0.05, 0) is 70.6 Å². The van der Waals surface area contributed by atoms with Crippen molar-refractivity contribution in [2.75, 3.05) is 25.9 Å². The average Bonchev–Trinajstić information content (AvgIpc) is 3.14. The highest BCUT2D eigenvalue weighted by Crippen LogP contribution is 2.26. The summed E-state index contributed by atoms with van der Waals surface area (Å²) >= 11 is 1.64. The zero-order chi connectivity index (χ0) is 18.5. The highest BCUT2D eigenvalue weighted by molar-refractivity contribution is 8.00. The van der Waals surface area contributed by atoms with Crippen LogP contribution in [0.3, 0.4) is 0 Å². The molecule has 0 aliphatic carbocycles. The number of piperidine rings is 1. The first-order chi connectivity index (χ1) is 12.5. The number of hydrogen-bond acceptors (Lipinski definition) is 4. The van der Waals surface area contributed by atoms with E-state index in [0.717, 1.165) is 31.7 Å². The van der Waals surface area contributed by atoms with Crippen molar-refractivity contribution >= 4 is 17.7 Å². The summed E-state index contributed by atoms with van der Waals surface area (Å²) in [6.07, 6.45) is 3.73. The monoisotopic (exact) mass is 372 g/mol. The summed E-state index contributed by atoms with van der Waals surface area (Å²) in [5.41, 5.74) is 2.46. The molecule has 3 rings (SSSR count). The minimum atomic E-state index is 0.196. The minimum Gasteiger partial charge on any atom is -0.467 e. The van der Waals surface area contributed by atoms with Crippen LogP contribution >= 0.6 is 11.8 Å². The normalized spacial score (nSPS) is 16.0. The molecule has 1 aromatic carbocycles. The van der Waals surface area contributed by atoms with E-state index < -0.39 is 0 Å². The van der Waals surface area contributed by atoms with E-state index in [2.05, 4.69) is 44.0 Å². The molecule has 2 aromatic rings. The number of hydrogen-bond donors (Lipinski definition) is 0. The fourth-order valence-electron chi connectivity index (χ4n) is 3.38. The third-order valence-electron chi connectivity index (χ3n) is 5.05. The van der Waals surface area contributed by atoms with Gasteiger partial charge in [-0.1, -0.05) is 17.7 Å². The lowest BCUT2D eigenvalue weighted by atomic mass is 10.0. The van der Waals surface area contributed by atoms with Gasteiger partial charge in [0.2, 0.25) is 5.91 Å². The molecule has 1 fully saturated rings. The fourth-order valence-corrected chi connectivity index (χ4v) is 4.39. The van der Waals surface area contributed by atoms with Crippen molar-refractivity contribution in [3.8, 4) is 0 Å². The van der Waals surface area contributed by atoms with E-state index in [-0.39, 0.29) is 5.91 Å². The van der Waals surface area contributed by atoms with Crippen LogP contribution in [0.1, 0.15) is 29.7 Å². The summed E-state index contributed by atoms with van der Waals surface area (Å²) in [6, 6.07) is 10.5. The number of aryl methyl sites for hydroxylation is 2. The quantitative estimate of drug-likeness (QED) is 0.715. The Kier molecular flexibility index (Phi) is 6.43. The van der Waals surface area contributed by atoms with Gasteiger partial charge in [-0.3, -0.25) is 4.79 Å². The number of rotatable bonds is 6. The maximum absolute atomic E-state index is 13.1. The number of likely N-dealkylation sites (tertiary alicyclic amines) is 1. The molecule has 1 aliphatic rings. The van der Waals surface area contributed by atoms with Gasteiger partial charge in [-0.15, -0.1) is 11.8 Å². The number of furan rings is 1. The van der Waals surface area contributed by atoms with Crippen molar-refractivity contribution in [3.05, 3.63) is 53.5 Å². The molecule has 2 heterocycles. The molecular weight excluding hydrogens is 344 g/mol. The van der Waals surface area contributed by atoms with Crippen molar-refractivity contribution in [1.29, 1.82) is 0 Å². The predicted octanol–water partition coefficient (Wildman–Crippen LogP) is 4.11. The van der Waals surface area contributed by atoms with Crippen molar-refractivity contribution < 1.29 is 9.21 Å². The summed E-state index contributed by atoms with van der Waals surface area (Å²) in [5.74, 6) is 1.52. The van der Waals surface area contributed by atoms with Gasteiger partial charge in [-0.25, -0.2) is 0 Å². The van der Waals surface area contributed by atoms with Crippen LogP contribution in [0, 0.1) is 13.8 Å². The molecule has 0 spiro atoms. The van der Waals surface area contributed by atoms with E-state index in [0.29, 0.717) is 18.3 Å². The largest absolute Gasteiger partial charge is 0.467 e. The van der Waals surface area contributed by atoms with Crippen LogP contribution in [0.4, 0.5) is 0 Å². The Labute approximate surface area is 160 Å². The molecule has 5 heteroatoms. The van der Waals surface area contributed by atoms with Crippen molar-refractivity contribution in [1.82, 2.24) is 9.80 Å². The van der Waals surface area contributed by atoms with Gasteiger partial charge in [0.25, 0.3) is 0 Å². The Hall–Kier alpha value is -1.72. The number of carbonyl (C=O) groups excluding carboxylic acids is 1. The van der Waals surface area contributed by atoms with E-state index in [9.17, 15) is 4.79 Å². The van der Waals surface area contributed by atoms with Gasteiger partial charge in [0, 0.05) is 10.9 Å². The topological polar surface area (TPSA) is 36.7 Å². The number of thioether (sulfide) groups is 1. The molecule has 0 atom stereocenters. The van der Waals surface area contributed by atoms with Crippen LogP contribution in [-0.4, -0.2) is 47.6 Å². The summed E-state index contributed by atoms with van der Waals surface area (Å²) in [7, 11) is 2.14. The maximum atomic E-state index is 13.1. The summed E-state index contributed by atoms with van der Waals surface area (Å²) < 4.78 is 5.51. The van der Waals surface area contributed by atoms with Crippen LogP contribution in [0.2, 0.25) is 0 Å². The minimum absolute atomic E-state index is 0.196. The second-order valence-corrected chi connectivity index (χ2v) is 8.21. The Balaban J connectivity index is 1.68. The Bertz CT molecular complexity index is 722. The fraction of sp³-hybridized carbons (Fsp3) is 0.476. The predicted molar refractivity (Wildman–Crippen MR) is 106 cm³/mol. The lowest BCUT2D eigenvalue weighted by molar-refractivity contribution is -0.132. The third-order valence-corrected chi connectivity index (χ3v) is 6.19. The van der Waals surface area contributed by atoms with Gasteiger partial charge in [0.1, 0.15) is 5.76 Å². The van der Waals surface area contributed by atoms with Crippen molar-refractivity contribution in [2.24, 2.45) is 0 Å². The highest BCUT2D eigenvalue weighted by Gasteiger charge is 2.27. The van der Waals surface area contributed by atoms with Crippen molar-refractivity contribution in [2.45, 2.75) is 44.2 Å². The molecule has 140 valence electrons. The lowest BCUT2D eigenvalue weighted by Gasteiger charge is -2.37. The number of nitrogens with zero attached hydrogens (tertiary/aromatic N) is 2. The van der Waals surface area contributed by atoms with Crippen LogP contribution in [0.25, 0.3) is 0 Å². The molecule has 1 aromatic heterocycles. The summed E-state index contributed by atoms with van der Waals surface area (Å²) in [4.78, 5) is 18.6. The van der Waals surface area contributed by atoms with E-state index >= 15 is 0 Å². The average molecular weight is 373 g/mol. The second kappa shape index (κ2) is 8.78. The van der Waals surface area contributed by atoms with Gasteiger partial charge < -0.3 is 14.2 Å². The molecule has 1 saturated heterocycles. The molecule has 0 saturated carbocycles. The van der Waals surface area contributed by atoms with Gasteiger partial charge in [-0.2, -0.15) is 0 Å². The first kappa shape index (κ1) is 19.1. The number of amides is 1. The van der Waals surface area contributed by atoms with Gasteiger partial charge in [0.05, 0.1) is 18.6 Å². The summed E-state index contributed by atoms with van der Waals surface area (Å²) in [6.45, 7) is 6.83. The highest BCUT2D eigenvalue weighted by atomic mass is 32.2. The number of benzene rings is 1. The molecule has 4 nitrogen and oxygen atoms in total. The lowest BCUT2D eigenvalue weighted by Crippen LogP contribution is -2.46. The first-order valence-electron chi connectivity index (χ1n) is 9.23. The molecule has 1 aliphatic heterocycles. The zero-order valence-corrected chi connectivity index (χ0v) is 16.7.